The minimum atomic E-state index is -0.231. The Morgan fingerprint density at radius 3 is 2.47 bits per heavy atom. The predicted octanol–water partition coefficient (Wildman–Crippen LogP) is 4.45. The fourth-order valence-electron chi connectivity index (χ4n) is 1.57. The zero-order valence-corrected chi connectivity index (χ0v) is 9.05. The van der Waals surface area contributed by atoms with Crippen LogP contribution in [0.5, 0.6) is 0 Å². The predicted molar refractivity (Wildman–Crippen MR) is 61.6 cm³/mol. The minimum Gasteiger partial charge on any atom is -0.207 e. The first kappa shape index (κ1) is 10.2. The second-order valence-corrected chi connectivity index (χ2v) is 3.96. The molecule has 76 valence electrons. The standard InChI is InChI=1S/C13H10ClF/c1-9-5-11(7-12(14)6-9)10-3-2-4-13(15)8-10/h2-8H,1H3. The van der Waals surface area contributed by atoms with Crippen LogP contribution in [0.15, 0.2) is 42.5 Å². The largest absolute Gasteiger partial charge is 0.207 e. The highest BCUT2D eigenvalue weighted by Gasteiger charge is 2.01. The first-order chi connectivity index (χ1) is 7.15. The minimum absolute atomic E-state index is 0.231. The molecule has 0 saturated heterocycles. The topological polar surface area (TPSA) is 0 Å². The van der Waals surface area contributed by atoms with Crippen molar-refractivity contribution < 1.29 is 4.39 Å². The summed E-state index contributed by atoms with van der Waals surface area (Å²) >= 11 is 5.95. The molecule has 0 N–H and O–H groups in total. The molecule has 0 aliphatic carbocycles. The normalized spacial score (nSPS) is 10.3. The van der Waals surface area contributed by atoms with Gasteiger partial charge in [-0.2, -0.15) is 0 Å². The molecular formula is C13H10ClF. The van der Waals surface area contributed by atoms with Gasteiger partial charge >= 0.3 is 0 Å². The summed E-state index contributed by atoms with van der Waals surface area (Å²) in [6, 6.07) is 12.2. The van der Waals surface area contributed by atoms with Crippen LogP contribution in [-0.2, 0) is 0 Å². The third-order valence-corrected chi connectivity index (χ3v) is 2.42. The summed E-state index contributed by atoms with van der Waals surface area (Å²) in [6.45, 7) is 1.97. The number of hydrogen-bond donors (Lipinski definition) is 0. The van der Waals surface area contributed by atoms with Crippen LogP contribution < -0.4 is 0 Å². The van der Waals surface area contributed by atoms with Gasteiger partial charge in [0.25, 0.3) is 0 Å². The zero-order valence-electron chi connectivity index (χ0n) is 8.30. The lowest BCUT2D eigenvalue weighted by Crippen LogP contribution is -1.82. The van der Waals surface area contributed by atoms with E-state index in [9.17, 15) is 4.39 Å². The molecule has 2 rings (SSSR count). The molecule has 0 saturated carbocycles. The summed E-state index contributed by atoms with van der Waals surface area (Å²) in [7, 11) is 0. The van der Waals surface area contributed by atoms with Gasteiger partial charge in [-0.05, 0) is 47.9 Å². The molecule has 0 spiro atoms. The number of hydrogen-bond acceptors (Lipinski definition) is 0. The summed E-state index contributed by atoms with van der Waals surface area (Å²) in [5.41, 5.74) is 2.86. The van der Waals surface area contributed by atoms with Crippen molar-refractivity contribution >= 4 is 11.6 Å². The molecular weight excluding hydrogens is 211 g/mol. The van der Waals surface area contributed by atoms with Gasteiger partial charge in [0.2, 0.25) is 0 Å². The fraction of sp³-hybridized carbons (Fsp3) is 0.0769. The van der Waals surface area contributed by atoms with Crippen molar-refractivity contribution in [2.24, 2.45) is 0 Å². The summed E-state index contributed by atoms with van der Waals surface area (Å²) in [4.78, 5) is 0. The Morgan fingerprint density at radius 2 is 1.80 bits per heavy atom. The molecule has 2 aromatic carbocycles. The Morgan fingerprint density at radius 1 is 1.00 bits per heavy atom. The van der Waals surface area contributed by atoms with Crippen molar-refractivity contribution in [3.8, 4) is 11.1 Å². The van der Waals surface area contributed by atoms with Gasteiger partial charge in [0, 0.05) is 5.02 Å². The maximum atomic E-state index is 13.0. The SMILES string of the molecule is Cc1cc(Cl)cc(-c2cccc(F)c2)c1. The summed E-state index contributed by atoms with van der Waals surface area (Å²) < 4.78 is 13.0. The van der Waals surface area contributed by atoms with Crippen molar-refractivity contribution in [3.63, 3.8) is 0 Å². The first-order valence-electron chi connectivity index (χ1n) is 4.68. The first-order valence-corrected chi connectivity index (χ1v) is 5.06. The maximum Gasteiger partial charge on any atom is 0.123 e. The van der Waals surface area contributed by atoms with E-state index in [0.717, 1.165) is 16.7 Å². The van der Waals surface area contributed by atoms with Gasteiger partial charge in [0.05, 0.1) is 0 Å². The van der Waals surface area contributed by atoms with Crippen LogP contribution in [-0.4, -0.2) is 0 Å². The molecule has 0 unspecified atom stereocenters. The van der Waals surface area contributed by atoms with E-state index in [4.69, 9.17) is 11.6 Å². The van der Waals surface area contributed by atoms with E-state index in [1.807, 2.05) is 31.2 Å². The van der Waals surface area contributed by atoms with Crippen molar-refractivity contribution in [2.75, 3.05) is 0 Å². The quantitative estimate of drug-likeness (QED) is 0.666. The van der Waals surface area contributed by atoms with Crippen molar-refractivity contribution in [2.45, 2.75) is 6.92 Å². The van der Waals surface area contributed by atoms with E-state index >= 15 is 0 Å². The Labute approximate surface area is 93.3 Å². The van der Waals surface area contributed by atoms with Crippen LogP contribution in [0.1, 0.15) is 5.56 Å². The second kappa shape index (κ2) is 4.03. The van der Waals surface area contributed by atoms with E-state index in [1.165, 1.54) is 12.1 Å². The summed E-state index contributed by atoms with van der Waals surface area (Å²) in [5, 5.41) is 0.675. The number of halogens is 2. The van der Waals surface area contributed by atoms with Crippen LogP contribution in [0.4, 0.5) is 4.39 Å². The summed E-state index contributed by atoms with van der Waals surface area (Å²) in [5.74, 6) is -0.231. The third kappa shape index (κ3) is 2.37. The lowest BCUT2D eigenvalue weighted by atomic mass is 10.0. The average Bonchev–Trinajstić information content (AvgIpc) is 2.16. The van der Waals surface area contributed by atoms with Gasteiger partial charge in [-0.1, -0.05) is 29.8 Å². The smallest absolute Gasteiger partial charge is 0.123 e. The Bertz CT molecular complexity index is 471. The molecule has 0 heterocycles. The van der Waals surface area contributed by atoms with Crippen LogP contribution in [0.2, 0.25) is 5.02 Å². The highest BCUT2D eigenvalue weighted by molar-refractivity contribution is 6.30. The van der Waals surface area contributed by atoms with Gasteiger partial charge in [0.1, 0.15) is 5.82 Å². The molecule has 0 atom stereocenters. The Balaban J connectivity index is 2.54. The van der Waals surface area contributed by atoms with Crippen LogP contribution in [0, 0.1) is 12.7 Å². The van der Waals surface area contributed by atoms with E-state index < -0.39 is 0 Å². The summed E-state index contributed by atoms with van der Waals surface area (Å²) in [6.07, 6.45) is 0. The van der Waals surface area contributed by atoms with E-state index in [-0.39, 0.29) is 5.82 Å². The monoisotopic (exact) mass is 220 g/mol. The van der Waals surface area contributed by atoms with Gasteiger partial charge in [0.15, 0.2) is 0 Å². The van der Waals surface area contributed by atoms with Gasteiger partial charge in [-0.15, -0.1) is 0 Å². The van der Waals surface area contributed by atoms with Gasteiger partial charge < -0.3 is 0 Å². The molecule has 2 heteroatoms. The molecule has 0 aliphatic rings. The number of rotatable bonds is 1. The third-order valence-electron chi connectivity index (χ3n) is 2.20. The highest BCUT2D eigenvalue weighted by atomic mass is 35.5. The molecule has 0 bridgehead atoms. The Hall–Kier alpha value is -1.34. The number of benzene rings is 2. The fourth-order valence-corrected chi connectivity index (χ4v) is 1.86. The van der Waals surface area contributed by atoms with Crippen molar-refractivity contribution in [1.82, 2.24) is 0 Å². The zero-order chi connectivity index (χ0) is 10.8. The second-order valence-electron chi connectivity index (χ2n) is 3.53. The molecule has 0 nitrogen and oxygen atoms in total. The van der Waals surface area contributed by atoms with Crippen LogP contribution in [0.25, 0.3) is 11.1 Å². The van der Waals surface area contributed by atoms with Crippen LogP contribution in [0.3, 0.4) is 0 Å². The molecule has 0 aliphatic heterocycles. The van der Waals surface area contributed by atoms with E-state index in [0.29, 0.717) is 5.02 Å². The van der Waals surface area contributed by atoms with Crippen LogP contribution >= 0.6 is 11.6 Å². The molecule has 0 amide bonds. The lowest BCUT2D eigenvalue weighted by molar-refractivity contribution is 0.628. The highest BCUT2D eigenvalue weighted by Crippen LogP contribution is 2.24. The van der Waals surface area contributed by atoms with Gasteiger partial charge in [-0.3, -0.25) is 0 Å². The Kier molecular flexibility index (Phi) is 2.74. The maximum absolute atomic E-state index is 13.0. The molecule has 2 aromatic rings. The van der Waals surface area contributed by atoms with Crippen molar-refractivity contribution in [1.29, 1.82) is 0 Å². The van der Waals surface area contributed by atoms with E-state index in [1.54, 1.807) is 6.07 Å². The average molecular weight is 221 g/mol. The van der Waals surface area contributed by atoms with E-state index in [2.05, 4.69) is 0 Å². The molecule has 0 fully saturated rings. The molecule has 15 heavy (non-hydrogen) atoms. The molecule has 0 aromatic heterocycles. The van der Waals surface area contributed by atoms with Crippen molar-refractivity contribution in [3.05, 3.63) is 58.9 Å². The molecule has 0 radical (unpaired) electrons. The number of aryl methyl sites for hydroxylation is 1. The van der Waals surface area contributed by atoms with Gasteiger partial charge in [-0.25, -0.2) is 4.39 Å². The lowest BCUT2D eigenvalue weighted by Gasteiger charge is -2.04.